The van der Waals surface area contributed by atoms with Gasteiger partial charge in [-0.3, -0.25) is 15.0 Å². The molecule has 7 heteroatoms. The van der Waals surface area contributed by atoms with Gasteiger partial charge in [0, 0.05) is 6.42 Å². The first kappa shape index (κ1) is 15.2. The third-order valence-electron chi connectivity index (χ3n) is 3.99. The number of nitrogens with zero attached hydrogens (tertiary/aromatic N) is 2. The Kier molecular flexibility index (Phi) is 3.63. The van der Waals surface area contributed by atoms with Crippen molar-refractivity contribution in [3.05, 3.63) is 29.8 Å². The van der Waals surface area contributed by atoms with E-state index in [2.05, 4.69) is 10.5 Å². The molecule has 1 unspecified atom stereocenters. The maximum absolute atomic E-state index is 12.8. The molecule has 23 heavy (non-hydrogen) atoms. The van der Waals surface area contributed by atoms with Gasteiger partial charge in [0.15, 0.2) is 0 Å². The number of benzene rings is 1. The molecular formula is C16H17N3O4. The highest BCUT2D eigenvalue weighted by atomic mass is 16.5. The molecule has 1 aromatic carbocycles. The van der Waals surface area contributed by atoms with Crippen LogP contribution in [0.15, 0.2) is 29.4 Å². The molecule has 1 N–H and O–H groups in total. The van der Waals surface area contributed by atoms with E-state index in [1.165, 1.54) is 0 Å². The largest absolute Gasteiger partial charge is 0.461 e. The zero-order chi connectivity index (χ0) is 16.6. The van der Waals surface area contributed by atoms with Crippen molar-refractivity contribution in [2.45, 2.75) is 32.2 Å². The van der Waals surface area contributed by atoms with Crippen LogP contribution >= 0.6 is 0 Å². The van der Waals surface area contributed by atoms with Crippen molar-refractivity contribution >= 4 is 29.2 Å². The molecule has 1 atom stereocenters. The molecule has 0 bridgehead atoms. The van der Waals surface area contributed by atoms with Crippen LogP contribution in [0.3, 0.4) is 0 Å². The molecular weight excluding hydrogens is 298 g/mol. The molecule has 7 nitrogen and oxygen atoms in total. The van der Waals surface area contributed by atoms with Gasteiger partial charge in [-0.1, -0.05) is 17.7 Å². The molecule has 2 heterocycles. The quantitative estimate of drug-likeness (QED) is 0.661. The van der Waals surface area contributed by atoms with E-state index < -0.39 is 17.4 Å². The van der Waals surface area contributed by atoms with Gasteiger partial charge in [-0.2, -0.15) is 5.10 Å². The summed E-state index contributed by atoms with van der Waals surface area (Å²) in [4.78, 5) is 38.0. The number of amides is 2. The molecule has 0 saturated carbocycles. The van der Waals surface area contributed by atoms with Crippen molar-refractivity contribution in [3.63, 3.8) is 0 Å². The minimum Gasteiger partial charge on any atom is -0.461 e. The van der Waals surface area contributed by atoms with Gasteiger partial charge in [-0.15, -0.1) is 0 Å². The summed E-state index contributed by atoms with van der Waals surface area (Å²) in [5.41, 5.74) is 3.21. The van der Waals surface area contributed by atoms with E-state index in [-0.39, 0.29) is 31.1 Å². The first-order chi connectivity index (χ1) is 11.0. The number of hydrogen-bond acceptors (Lipinski definition) is 6. The summed E-state index contributed by atoms with van der Waals surface area (Å²) < 4.78 is 4.90. The number of ether oxygens (including phenoxy) is 1. The van der Waals surface area contributed by atoms with Gasteiger partial charge in [0.2, 0.25) is 5.91 Å². The number of hydrogen-bond donors (Lipinski definition) is 1. The predicted octanol–water partition coefficient (Wildman–Crippen LogP) is 0.910. The van der Waals surface area contributed by atoms with Crippen molar-refractivity contribution in [3.8, 4) is 0 Å². The Morgan fingerprint density at radius 2 is 2.00 bits per heavy atom. The lowest BCUT2D eigenvalue weighted by molar-refractivity contribution is -0.135. The minimum atomic E-state index is -1.18. The van der Waals surface area contributed by atoms with E-state index in [4.69, 9.17) is 4.74 Å². The van der Waals surface area contributed by atoms with Crippen molar-refractivity contribution in [2.24, 2.45) is 5.10 Å². The van der Waals surface area contributed by atoms with Crippen LogP contribution in [0, 0.1) is 6.92 Å². The number of esters is 1. The summed E-state index contributed by atoms with van der Waals surface area (Å²) in [6.45, 7) is 3.85. The lowest BCUT2D eigenvalue weighted by Crippen LogP contribution is -2.47. The number of carbonyl (C=O) groups is 3. The normalized spacial score (nSPS) is 23.2. The smallest absolute Gasteiger partial charge is 0.354 e. The van der Waals surface area contributed by atoms with Crippen LogP contribution in [-0.2, 0) is 19.1 Å². The van der Waals surface area contributed by atoms with E-state index in [0.717, 1.165) is 10.5 Å². The second kappa shape index (κ2) is 5.49. The average molecular weight is 315 g/mol. The standard InChI is InChI=1S/C16H17N3O4/c1-3-23-14(21)12-8-16(18-17-12)9-13(20)19(15(16)22)11-6-4-10(2)5-7-11/h4-7,18H,3,8-9H2,1-2H3. The highest BCUT2D eigenvalue weighted by molar-refractivity contribution is 6.39. The first-order valence-corrected chi connectivity index (χ1v) is 7.42. The molecule has 0 radical (unpaired) electrons. The number of anilines is 1. The molecule has 2 aliphatic heterocycles. The number of nitrogens with one attached hydrogen (secondary N) is 1. The van der Waals surface area contributed by atoms with Gasteiger partial charge in [0.05, 0.1) is 18.7 Å². The summed E-state index contributed by atoms with van der Waals surface area (Å²) >= 11 is 0. The number of carbonyl (C=O) groups excluding carboxylic acids is 3. The van der Waals surface area contributed by atoms with Gasteiger partial charge in [0.1, 0.15) is 11.3 Å². The van der Waals surface area contributed by atoms with E-state index in [9.17, 15) is 14.4 Å². The Morgan fingerprint density at radius 1 is 1.30 bits per heavy atom. The van der Waals surface area contributed by atoms with Crippen LogP contribution in [0.2, 0.25) is 0 Å². The predicted molar refractivity (Wildman–Crippen MR) is 82.8 cm³/mol. The molecule has 1 saturated heterocycles. The van der Waals surface area contributed by atoms with Gasteiger partial charge >= 0.3 is 5.97 Å². The minimum absolute atomic E-state index is 0.0356. The SMILES string of the molecule is CCOC(=O)C1=NNC2(CC(=O)N(c3ccc(C)cc3)C2=O)C1. The molecule has 2 aliphatic rings. The fraction of sp³-hybridized carbons (Fsp3) is 0.375. The Hall–Kier alpha value is -2.70. The van der Waals surface area contributed by atoms with E-state index in [0.29, 0.717) is 5.69 Å². The number of rotatable bonds is 3. The lowest BCUT2D eigenvalue weighted by atomic mass is 9.93. The third-order valence-corrected chi connectivity index (χ3v) is 3.99. The summed E-state index contributed by atoms with van der Waals surface area (Å²) in [6.07, 6.45) is 0.0187. The molecule has 0 aromatic heterocycles. The van der Waals surface area contributed by atoms with Crippen LogP contribution in [0.4, 0.5) is 5.69 Å². The summed E-state index contributed by atoms with van der Waals surface area (Å²) in [7, 11) is 0. The maximum Gasteiger partial charge on any atom is 0.354 e. The first-order valence-electron chi connectivity index (χ1n) is 7.42. The zero-order valence-corrected chi connectivity index (χ0v) is 13.0. The van der Waals surface area contributed by atoms with Crippen LogP contribution in [0.25, 0.3) is 0 Å². The van der Waals surface area contributed by atoms with Crippen molar-refractivity contribution in [2.75, 3.05) is 11.5 Å². The Morgan fingerprint density at radius 3 is 2.65 bits per heavy atom. The number of hydrazone groups is 1. The van der Waals surface area contributed by atoms with Gasteiger partial charge in [-0.25, -0.2) is 9.69 Å². The number of aryl methyl sites for hydroxylation is 1. The van der Waals surface area contributed by atoms with Gasteiger partial charge in [0.25, 0.3) is 5.91 Å². The third kappa shape index (κ3) is 2.48. The highest BCUT2D eigenvalue weighted by Crippen LogP contribution is 2.34. The van der Waals surface area contributed by atoms with Crippen molar-refractivity contribution in [1.29, 1.82) is 0 Å². The molecule has 1 spiro atoms. The average Bonchev–Trinajstić information content (AvgIpc) is 3.04. The molecule has 1 fully saturated rings. The Bertz CT molecular complexity index is 711. The second-order valence-electron chi connectivity index (χ2n) is 5.70. The van der Waals surface area contributed by atoms with Crippen LogP contribution in [-0.4, -0.2) is 35.6 Å². The fourth-order valence-electron chi connectivity index (χ4n) is 2.79. The molecule has 120 valence electrons. The van der Waals surface area contributed by atoms with E-state index in [1.54, 1.807) is 19.1 Å². The monoisotopic (exact) mass is 315 g/mol. The maximum atomic E-state index is 12.8. The molecule has 2 amide bonds. The molecule has 3 rings (SSSR count). The highest BCUT2D eigenvalue weighted by Gasteiger charge is 2.56. The van der Waals surface area contributed by atoms with Crippen molar-refractivity contribution in [1.82, 2.24) is 5.43 Å². The summed E-state index contributed by atoms with van der Waals surface area (Å²) in [5, 5.41) is 3.91. The lowest BCUT2D eigenvalue weighted by Gasteiger charge is -2.21. The van der Waals surface area contributed by atoms with Crippen LogP contribution in [0.5, 0.6) is 0 Å². The van der Waals surface area contributed by atoms with Crippen molar-refractivity contribution < 1.29 is 19.1 Å². The summed E-state index contributed by atoms with van der Waals surface area (Å²) in [5.74, 6) is -1.27. The van der Waals surface area contributed by atoms with E-state index in [1.807, 2.05) is 19.1 Å². The summed E-state index contributed by atoms with van der Waals surface area (Å²) in [6, 6.07) is 7.13. The second-order valence-corrected chi connectivity index (χ2v) is 5.70. The molecule has 1 aromatic rings. The topological polar surface area (TPSA) is 88.1 Å². The van der Waals surface area contributed by atoms with Crippen LogP contribution < -0.4 is 10.3 Å². The number of imide groups is 1. The van der Waals surface area contributed by atoms with Crippen LogP contribution in [0.1, 0.15) is 25.3 Å². The van der Waals surface area contributed by atoms with Gasteiger partial charge < -0.3 is 4.74 Å². The molecule has 0 aliphatic carbocycles. The Labute approximate surface area is 133 Å². The van der Waals surface area contributed by atoms with E-state index >= 15 is 0 Å². The fourth-order valence-corrected chi connectivity index (χ4v) is 2.79. The zero-order valence-electron chi connectivity index (χ0n) is 13.0. The Balaban J connectivity index is 1.83. The van der Waals surface area contributed by atoms with Gasteiger partial charge in [-0.05, 0) is 26.0 Å².